The lowest BCUT2D eigenvalue weighted by Gasteiger charge is -2.30. The van der Waals surface area contributed by atoms with E-state index in [1.165, 1.54) is 33.4 Å². The number of carbonyl (C=O) groups is 2. The number of nitrogens with one attached hydrogen (secondary N) is 2. The molecule has 0 amide bonds. The molecule has 1 aromatic rings. The van der Waals surface area contributed by atoms with Crippen LogP contribution in [0.15, 0.2) is 17.1 Å². The molecule has 2 rings (SSSR count). The minimum Gasteiger partial charge on any atom is -0.468 e. The van der Waals surface area contributed by atoms with Crippen LogP contribution in [0.2, 0.25) is 0 Å². The molecule has 4 unspecified atom stereocenters. The highest BCUT2D eigenvalue weighted by Crippen LogP contribution is 2.44. The first-order chi connectivity index (χ1) is 18.5. The molecule has 6 atom stereocenters. The Morgan fingerprint density at radius 1 is 1.15 bits per heavy atom. The van der Waals surface area contributed by atoms with Gasteiger partial charge in [-0.1, -0.05) is 27.7 Å². The van der Waals surface area contributed by atoms with Gasteiger partial charge in [0, 0.05) is 6.20 Å². The molecule has 1 aliphatic heterocycles. The summed E-state index contributed by atoms with van der Waals surface area (Å²) in [7, 11) is -1.91. The molecule has 2 heterocycles. The first-order valence-electron chi connectivity index (χ1n) is 12.9. The first kappa shape index (κ1) is 33.8. The number of esters is 2. The lowest BCUT2D eigenvalue weighted by atomic mass is 9.96. The van der Waals surface area contributed by atoms with Crippen LogP contribution in [-0.2, 0) is 32.9 Å². The number of anilines is 1. The van der Waals surface area contributed by atoms with Crippen molar-refractivity contribution < 1.29 is 43.1 Å². The number of ether oxygens (including phenoxy) is 3. The van der Waals surface area contributed by atoms with Crippen molar-refractivity contribution in [1.82, 2.24) is 19.7 Å². The van der Waals surface area contributed by atoms with Gasteiger partial charge in [0.2, 0.25) is 0 Å². The molecule has 1 aliphatic rings. The number of hydrogen-bond donors (Lipinski definition) is 5. The molecule has 0 spiro atoms. The number of nitrogens with zero attached hydrogens (tertiary/aromatic N) is 2. The van der Waals surface area contributed by atoms with Gasteiger partial charge in [0.05, 0.1) is 20.8 Å². The Bertz CT molecular complexity index is 1090. The zero-order valence-corrected chi connectivity index (χ0v) is 24.8. The van der Waals surface area contributed by atoms with E-state index >= 15 is 0 Å². The van der Waals surface area contributed by atoms with E-state index in [0.717, 1.165) is 4.57 Å². The fourth-order valence-corrected chi connectivity index (χ4v) is 6.14. The van der Waals surface area contributed by atoms with E-state index in [1.807, 2.05) is 27.7 Å². The van der Waals surface area contributed by atoms with Gasteiger partial charge in [0.1, 0.15) is 35.7 Å². The summed E-state index contributed by atoms with van der Waals surface area (Å²) in [6, 6.07) is -0.835. The number of methoxy groups -OCH3 is 2. The van der Waals surface area contributed by atoms with Crippen molar-refractivity contribution in [2.75, 3.05) is 26.6 Å². The average molecular weight is 592 g/mol. The number of aliphatic hydroxyl groups excluding tert-OH is 1. The second kappa shape index (κ2) is 14.0. The second-order valence-electron chi connectivity index (χ2n) is 10.8. The molecule has 228 valence electrons. The molecule has 6 N–H and O–H groups in total. The molecule has 0 bridgehead atoms. The summed E-state index contributed by atoms with van der Waals surface area (Å²) < 4.78 is 36.3. The molecule has 0 aliphatic carbocycles. The number of carbonyl (C=O) groups excluding carboxylic acids is 2. The molecule has 1 aromatic heterocycles. The van der Waals surface area contributed by atoms with Crippen LogP contribution < -0.4 is 21.6 Å². The summed E-state index contributed by atoms with van der Waals surface area (Å²) in [6.07, 6.45) is -2.57. The van der Waals surface area contributed by atoms with E-state index in [2.05, 4.69) is 15.2 Å². The third-order valence-corrected chi connectivity index (χ3v) is 8.13. The van der Waals surface area contributed by atoms with Gasteiger partial charge in [0.15, 0.2) is 6.23 Å². The molecule has 16 heteroatoms. The molecular formula is C24H42N5O10P. The topological polar surface area (TPSA) is 214 Å². The fourth-order valence-electron chi connectivity index (χ4n) is 4.31. The Kier molecular flexibility index (Phi) is 11.8. The Labute approximate surface area is 233 Å². The number of aromatic nitrogens is 2. The van der Waals surface area contributed by atoms with Gasteiger partial charge >= 0.3 is 25.3 Å². The molecule has 1 fully saturated rings. The summed E-state index contributed by atoms with van der Waals surface area (Å²) in [6.45, 7) is 8.09. The number of nitrogen functional groups attached to an aromatic ring is 1. The van der Waals surface area contributed by atoms with Crippen LogP contribution in [0.1, 0.15) is 53.7 Å². The number of rotatable bonds is 14. The Morgan fingerprint density at radius 2 is 1.65 bits per heavy atom. The van der Waals surface area contributed by atoms with Gasteiger partial charge in [-0.25, -0.2) is 15.0 Å². The Hall–Kier alpha value is -2.39. The van der Waals surface area contributed by atoms with E-state index in [-0.39, 0.29) is 30.5 Å². The van der Waals surface area contributed by atoms with Crippen molar-refractivity contribution >= 4 is 25.4 Å². The summed E-state index contributed by atoms with van der Waals surface area (Å²) in [5, 5.41) is 27.2. The Morgan fingerprint density at radius 3 is 2.08 bits per heavy atom. The molecule has 40 heavy (non-hydrogen) atoms. The molecular weight excluding hydrogens is 549 g/mol. The van der Waals surface area contributed by atoms with Crippen molar-refractivity contribution in [3.05, 3.63) is 22.7 Å². The zero-order valence-electron chi connectivity index (χ0n) is 23.9. The van der Waals surface area contributed by atoms with Gasteiger partial charge in [-0.15, -0.1) is 0 Å². The number of nitrogens with two attached hydrogens (primary N) is 1. The van der Waals surface area contributed by atoms with E-state index in [4.69, 9.17) is 24.5 Å². The molecule has 0 aromatic carbocycles. The number of hydrogen-bond acceptors (Lipinski definition) is 12. The van der Waals surface area contributed by atoms with Crippen molar-refractivity contribution in [2.24, 2.45) is 11.8 Å². The number of aliphatic hydroxyl groups is 2. The van der Waals surface area contributed by atoms with Crippen LogP contribution in [0.25, 0.3) is 0 Å². The predicted molar refractivity (Wildman–Crippen MR) is 144 cm³/mol. The van der Waals surface area contributed by atoms with E-state index in [0.29, 0.717) is 0 Å². The van der Waals surface area contributed by atoms with Crippen molar-refractivity contribution in [1.29, 1.82) is 0 Å². The summed E-state index contributed by atoms with van der Waals surface area (Å²) in [4.78, 5) is 41.0. The maximum absolute atomic E-state index is 14.2. The zero-order chi connectivity index (χ0) is 30.4. The maximum atomic E-state index is 14.2. The van der Waals surface area contributed by atoms with Crippen molar-refractivity contribution in [2.45, 2.75) is 83.6 Å². The van der Waals surface area contributed by atoms with Crippen LogP contribution >= 0.6 is 7.67 Å². The molecule has 0 saturated carbocycles. The van der Waals surface area contributed by atoms with Gasteiger partial charge in [-0.3, -0.25) is 18.7 Å². The molecule has 0 radical (unpaired) electrons. The van der Waals surface area contributed by atoms with Gasteiger partial charge in [-0.2, -0.15) is 4.98 Å². The minimum atomic E-state index is -4.28. The third-order valence-electron chi connectivity index (χ3n) is 6.32. The van der Waals surface area contributed by atoms with Gasteiger partial charge in [0.25, 0.3) is 0 Å². The first-order valence-corrected chi connectivity index (χ1v) is 14.5. The van der Waals surface area contributed by atoms with Crippen LogP contribution in [0, 0.1) is 11.8 Å². The lowest BCUT2D eigenvalue weighted by Crippen LogP contribution is -2.47. The van der Waals surface area contributed by atoms with Crippen molar-refractivity contribution in [3.8, 4) is 0 Å². The van der Waals surface area contributed by atoms with E-state index < -0.39 is 68.0 Å². The second-order valence-corrected chi connectivity index (χ2v) is 12.6. The highest BCUT2D eigenvalue weighted by atomic mass is 31.2. The molecule has 1 saturated heterocycles. The predicted octanol–water partition coefficient (Wildman–Crippen LogP) is 0.314. The lowest BCUT2D eigenvalue weighted by molar-refractivity contribution is -0.143. The minimum absolute atomic E-state index is 0.0141. The van der Waals surface area contributed by atoms with Gasteiger partial charge in [-0.05, 0) is 37.7 Å². The maximum Gasteiger partial charge on any atom is 0.351 e. The highest BCUT2D eigenvalue weighted by molar-refractivity contribution is 7.54. The monoisotopic (exact) mass is 591 g/mol. The highest BCUT2D eigenvalue weighted by Gasteiger charge is 2.54. The summed E-state index contributed by atoms with van der Waals surface area (Å²) in [5.74, 6) is -1.47. The Balaban J connectivity index is 2.38. The standard InChI is InChI=1S/C24H42N5O10P/c1-13(2)10-15(20(31)36-6)27-40(35,28-16(11-14(3)4)21(32)37-7)38-12-17-19(30)24(5,34)22(39-17)29-9-8-18(25)26-23(29)33/h8-9,13-17,19,22,30,34H,10-12H2,1-7H3,(H2,25,26,33)(H2,27,28,35)/t15?,16?,17-,19?,22?,24+,40?/m1/s1. The quantitative estimate of drug-likeness (QED) is 0.146. The summed E-state index contributed by atoms with van der Waals surface area (Å²) in [5.41, 5.74) is 2.73. The fraction of sp³-hybridized carbons (Fsp3) is 0.750. The summed E-state index contributed by atoms with van der Waals surface area (Å²) >= 11 is 0. The van der Waals surface area contributed by atoms with E-state index in [9.17, 15) is 29.2 Å². The van der Waals surface area contributed by atoms with E-state index in [1.54, 1.807) is 0 Å². The van der Waals surface area contributed by atoms with Crippen LogP contribution in [0.5, 0.6) is 0 Å². The SMILES string of the molecule is COC(=O)C(CC(C)C)NP(=O)(NC(CC(C)C)C(=O)OC)OC[C@H]1OC(n2ccc(N)nc2=O)[C@@](C)(O)C1O. The van der Waals surface area contributed by atoms with Crippen LogP contribution in [0.3, 0.4) is 0 Å². The van der Waals surface area contributed by atoms with Gasteiger partial charge < -0.3 is 34.7 Å². The largest absolute Gasteiger partial charge is 0.468 e. The normalized spacial score (nSPS) is 25.9. The average Bonchev–Trinajstić information content (AvgIpc) is 3.08. The smallest absolute Gasteiger partial charge is 0.351 e. The van der Waals surface area contributed by atoms with Crippen molar-refractivity contribution in [3.63, 3.8) is 0 Å². The van der Waals surface area contributed by atoms with Crippen LogP contribution in [0.4, 0.5) is 5.82 Å². The third kappa shape index (κ3) is 8.56. The molecule has 15 nitrogen and oxygen atoms in total. The van der Waals surface area contributed by atoms with Crippen LogP contribution in [-0.4, -0.2) is 82.4 Å².